The first kappa shape index (κ1) is 23.7. The first-order valence-corrected chi connectivity index (χ1v) is 12.6. The smallest absolute Gasteiger partial charge is 0.338 e. The zero-order chi connectivity index (χ0) is 24.5. The maximum absolute atomic E-state index is 13.2. The molecule has 8 atom stereocenters. The highest BCUT2D eigenvalue weighted by atomic mass is 16.5. The number of esters is 1. The van der Waals surface area contributed by atoms with Gasteiger partial charge in [0.05, 0.1) is 11.7 Å². The third kappa shape index (κ3) is 2.98. The second-order valence-electron chi connectivity index (χ2n) is 11.6. The van der Waals surface area contributed by atoms with E-state index in [1.165, 1.54) is 6.92 Å². The lowest BCUT2D eigenvalue weighted by Crippen LogP contribution is -2.75. The second-order valence-corrected chi connectivity index (χ2v) is 11.6. The molecule has 4 aliphatic rings. The summed E-state index contributed by atoms with van der Waals surface area (Å²) in [6.45, 7) is 5.46. The summed E-state index contributed by atoms with van der Waals surface area (Å²) in [5.74, 6) is -1.41. The first-order chi connectivity index (χ1) is 16.0. The lowest BCUT2D eigenvalue weighted by molar-refractivity contribution is -0.297. The molecule has 3 N–H and O–H groups in total. The van der Waals surface area contributed by atoms with Crippen molar-refractivity contribution in [3.8, 4) is 0 Å². The Bertz CT molecular complexity index is 1030. The van der Waals surface area contributed by atoms with Crippen molar-refractivity contribution in [2.75, 3.05) is 0 Å². The molecule has 184 valence electrons. The number of benzene rings is 1. The van der Waals surface area contributed by atoms with Crippen LogP contribution in [0.2, 0.25) is 0 Å². The van der Waals surface area contributed by atoms with Crippen molar-refractivity contribution in [3.05, 3.63) is 47.5 Å². The zero-order valence-corrected chi connectivity index (χ0v) is 20.3. The lowest BCUT2D eigenvalue weighted by atomic mass is 9.43. The molecule has 1 aromatic carbocycles. The Morgan fingerprint density at radius 1 is 1.06 bits per heavy atom. The SMILES string of the molecule is CC(=O)[C@@H]1CC[C@@]2(O)[C@]1(C)[C@H](OC(=O)c1ccccc1)C[C@@H]1[C@@]3(C)CC[C@H](O)CC3=CC[C@]12O. The van der Waals surface area contributed by atoms with E-state index < -0.39 is 46.1 Å². The van der Waals surface area contributed by atoms with Gasteiger partial charge in [0.15, 0.2) is 0 Å². The van der Waals surface area contributed by atoms with E-state index in [4.69, 9.17) is 4.74 Å². The van der Waals surface area contributed by atoms with E-state index in [9.17, 15) is 24.9 Å². The van der Waals surface area contributed by atoms with Crippen LogP contribution in [0.4, 0.5) is 0 Å². The van der Waals surface area contributed by atoms with Crippen LogP contribution in [0.1, 0.15) is 76.1 Å². The number of aliphatic hydroxyl groups is 3. The van der Waals surface area contributed by atoms with Crippen LogP contribution in [0, 0.1) is 22.7 Å². The normalized spacial score (nSPS) is 45.4. The molecule has 0 aromatic heterocycles. The van der Waals surface area contributed by atoms with Crippen molar-refractivity contribution in [2.45, 2.75) is 89.1 Å². The number of ether oxygens (including phenoxy) is 1. The van der Waals surface area contributed by atoms with Crippen LogP contribution < -0.4 is 0 Å². The van der Waals surface area contributed by atoms with Gasteiger partial charge < -0.3 is 20.1 Å². The van der Waals surface area contributed by atoms with E-state index in [1.807, 2.05) is 19.1 Å². The van der Waals surface area contributed by atoms with E-state index in [-0.39, 0.29) is 24.5 Å². The summed E-state index contributed by atoms with van der Waals surface area (Å²) < 4.78 is 6.15. The molecule has 6 nitrogen and oxygen atoms in total. The highest BCUT2D eigenvalue weighted by molar-refractivity contribution is 5.89. The number of fused-ring (bicyclic) bond motifs is 5. The summed E-state index contributed by atoms with van der Waals surface area (Å²) in [4.78, 5) is 25.9. The van der Waals surface area contributed by atoms with Gasteiger partial charge in [0.25, 0.3) is 0 Å². The van der Waals surface area contributed by atoms with Gasteiger partial charge in [-0.05, 0) is 69.4 Å². The minimum atomic E-state index is -1.58. The van der Waals surface area contributed by atoms with Crippen molar-refractivity contribution in [1.82, 2.24) is 0 Å². The van der Waals surface area contributed by atoms with Gasteiger partial charge in [-0.25, -0.2) is 4.79 Å². The minimum Gasteiger partial charge on any atom is -0.458 e. The monoisotopic (exact) mass is 468 g/mol. The largest absolute Gasteiger partial charge is 0.458 e. The fourth-order valence-corrected chi connectivity index (χ4v) is 8.20. The molecule has 1 aromatic rings. The first-order valence-electron chi connectivity index (χ1n) is 12.6. The van der Waals surface area contributed by atoms with Crippen molar-refractivity contribution >= 4 is 11.8 Å². The number of hydrogen-bond acceptors (Lipinski definition) is 6. The summed E-state index contributed by atoms with van der Waals surface area (Å²) in [5.41, 5.74) is -3.02. The van der Waals surface area contributed by atoms with Crippen molar-refractivity contribution in [3.63, 3.8) is 0 Å². The number of aliphatic hydroxyl groups excluding tert-OH is 1. The van der Waals surface area contributed by atoms with Crippen LogP contribution in [-0.2, 0) is 9.53 Å². The molecule has 0 spiro atoms. The molecule has 3 saturated carbocycles. The topological polar surface area (TPSA) is 104 Å². The van der Waals surface area contributed by atoms with Gasteiger partial charge in [0.1, 0.15) is 23.1 Å². The van der Waals surface area contributed by atoms with Gasteiger partial charge in [0, 0.05) is 17.3 Å². The molecule has 0 amide bonds. The number of carbonyl (C=O) groups excluding carboxylic acids is 2. The second kappa shape index (κ2) is 7.74. The Labute approximate surface area is 201 Å². The van der Waals surface area contributed by atoms with Crippen LogP contribution in [-0.4, -0.2) is 50.5 Å². The zero-order valence-electron chi connectivity index (χ0n) is 20.3. The fraction of sp³-hybridized carbons (Fsp3) is 0.643. The highest BCUT2D eigenvalue weighted by Gasteiger charge is 2.77. The van der Waals surface area contributed by atoms with E-state index in [0.29, 0.717) is 37.7 Å². The number of rotatable bonds is 3. The number of ketones is 1. The Morgan fingerprint density at radius 3 is 2.44 bits per heavy atom. The van der Waals surface area contributed by atoms with Crippen LogP contribution in [0.5, 0.6) is 0 Å². The van der Waals surface area contributed by atoms with Crippen LogP contribution in [0.25, 0.3) is 0 Å². The summed E-state index contributed by atoms with van der Waals surface area (Å²) in [5, 5.41) is 35.0. The molecule has 5 rings (SSSR count). The average molecular weight is 469 g/mol. The third-order valence-corrected chi connectivity index (χ3v) is 10.2. The van der Waals surface area contributed by atoms with Gasteiger partial charge in [-0.1, -0.05) is 43.7 Å². The molecular weight excluding hydrogens is 432 g/mol. The van der Waals surface area contributed by atoms with Gasteiger partial charge >= 0.3 is 5.97 Å². The van der Waals surface area contributed by atoms with E-state index in [1.54, 1.807) is 24.3 Å². The quantitative estimate of drug-likeness (QED) is 0.463. The molecule has 0 saturated heterocycles. The van der Waals surface area contributed by atoms with E-state index >= 15 is 0 Å². The fourth-order valence-electron chi connectivity index (χ4n) is 8.20. The molecule has 0 heterocycles. The molecule has 6 heteroatoms. The number of Topliss-reactive ketones (excluding diaryl/α,β-unsaturated/α-hetero) is 1. The maximum atomic E-state index is 13.2. The summed E-state index contributed by atoms with van der Waals surface area (Å²) in [7, 11) is 0. The number of carbonyl (C=O) groups is 2. The van der Waals surface area contributed by atoms with Gasteiger partial charge in [-0.3, -0.25) is 4.79 Å². The van der Waals surface area contributed by atoms with Crippen molar-refractivity contribution in [2.24, 2.45) is 22.7 Å². The summed E-state index contributed by atoms with van der Waals surface area (Å²) in [6, 6.07) is 8.76. The number of hydrogen-bond donors (Lipinski definition) is 3. The Kier molecular flexibility index (Phi) is 5.40. The molecule has 3 fully saturated rings. The van der Waals surface area contributed by atoms with Gasteiger partial charge in [-0.2, -0.15) is 0 Å². The molecular formula is C28H36O6. The molecule has 0 aliphatic heterocycles. The van der Waals surface area contributed by atoms with Crippen molar-refractivity contribution in [1.29, 1.82) is 0 Å². The van der Waals surface area contributed by atoms with Gasteiger partial charge in [-0.15, -0.1) is 0 Å². The Hall–Kier alpha value is -2.02. The molecule has 0 bridgehead atoms. The maximum Gasteiger partial charge on any atom is 0.338 e. The van der Waals surface area contributed by atoms with Crippen molar-refractivity contribution < 1.29 is 29.6 Å². The summed E-state index contributed by atoms with van der Waals surface area (Å²) in [6.07, 6.45) is 4.11. The van der Waals surface area contributed by atoms with Crippen LogP contribution in [0.15, 0.2) is 42.0 Å². The predicted octanol–water partition coefficient (Wildman–Crippen LogP) is 3.58. The van der Waals surface area contributed by atoms with Crippen LogP contribution >= 0.6 is 0 Å². The Balaban J connectivity index is 1.61. The third-order valence-electron chi connectivity index (χ3n) is 10.2. The van der Waals surface area contributed by atoms with Gasteiger partial charge in [0.2, 0.25) is 0 Å². The predicted molar refractivity (Wildman–Crippen MR) is 126 cm³/mol. The molecule has 34 heavy (non-hydrogen) atoms. The molecule has 0 radical (unpaired) electrons. The summed E-state index contributed by atoms with van der Waals surface area (Å²) >= 11 is 0. The minimum absolute atomic E-state index is 0.0553. The van der Waals surface area contributed by atoms with Crippen LogP contribution in [0.3, 0.4) is 0 Å². The highest BCUT2D eigenvalue weighted by Crippen LogP contribution is 2.70. The Morgan fingerprint density at radius 2 is 1.76 bits per heavy atom. The van der Waals surface area contributed by atoms with E-state index in [2.05, 4.69) is 6.92 Å². The lowest BCUT2D eigenvalue weighted by Gasteiger charge is -2.66. The van der Waals surface area contributed by atoms with E-state index in [0.717, 1.165) is 5.57 Å². The average Bonchev–Trinajstić information content (AvgIpc) is 3.10. The molecule has 0 unspecified atom stereocenters. The standard InChI is InChI=1S/C28H36O6/c1-17(29)21-11-14-28(33)26(21,3)23(34-24(31)18-7-5-4-6-8-18)16-22-25(2)12-10-20(30)15-19(25)9-13-27(22,28)32/h4-9,20-23,30,32-33H,10-16H2,1-3H3/t20-,21-,22+,23+,25-,26-,27-,28+/m0/s1. The molecule has 4 aliphatic carbocycles.